The van der Waals surface area contributed by atoms with E-state index < -0.39 is 0 Å². The summed E-state index contributed by atoms with van der Waals surface area (Å²) >= 11 is 9.56. The van der Waals surface area contributed by atoms with Gasteiger partial charge in [-0.1, -0.05) is 33.6 Å². The molecule has 1 heterocycles. The van der Waals surface area contributed by atoms with Crippen molar-refractivity contribution in [1.82, 2.24) is 4.98 Å². The fourth-order valence-corrected chi connectivity index (χ4v) is 2.41. The topological polar surface area (TPSA) is 46.3 Å². The molecule has 3 rings (SSSR count). The van der Waals surface area contributed by atoms with Gasteiger partial charge in [-0.25, -0.2) is 4.98 Å². The molecule has 1 N–H and O–H groups in total. The van der Waals surface area contributed by atoms with Gasteiger partial charge in [0.05, 0.1) is 17.2 Å². The second kappa shape index (κ2) is 4.96. The molecule has 19 heavy (non-hydrogen) atoms. The molecule has 96 valence electrons. The van der Waals surface area contributed by atoms with Crippen LogP contribution in [0.3, 0.4) is 0 Å². The second-order valence-electron chi connectivity index (χ2n) is 4.10. The molecule has 0 radical (unpaired) electrons. The van der Waals surface area contributed by atoms with Gasteiger partial charge in [0.15, 0.2) is 5.58 Å². The number of fused-ring (bicyclic) bond motifs is 1. The van der Waals surface area contributed by atoms with Crippen LogP contribution in [-0.2, 0) is 6.61 Å². The molecule has 5 heteroatoms. The molecule has 0 aliphatic carbocycles. The molecule has 1 aromatic heterocycles. The second-order valence-corrected chi connectivity index (χ2v) is 5.43. The number of benzene rings is 2. The molecule has 0 bridgehead atoms. The lowest BCUT2D eigenvalue weighted by molar-refractivity contribution is 0.282. The van der Waals surface area contributed by atoms with E-state index in [2.05, 4.69) is 20.9 Å². The quantitative estimate of drug-likeness (QED) is 0.753. The van der Waals surface area contributed by atoms with Crippen LogP contribution < -0.4 is 0 Å². The normalized spacial score (nSPS) is 11.1. The molecular formula is C14H9BrClNO2. The molecular weight excluding hydrogens is 330 g/mol. The summed E-state index contributed by atoms with van der Waals surface area (Å²) < 4.78 is 6.60. The molecule has 0 aliphatic heterocycles. The zero-order chi connectivity index (χ0) is 13.4. The number of hydrogen-bond donors (Lipinski definition) is 1. The predicted molar refractivity (Wildman–Crippen MR) is 78.1 cm³/mol. The standard InChI is InChI=1S/C14H9BrClNO2/c15-9-2-3-11(16)10(6-9)14-17-12-5-8(7-18)1-4-13(12)19-14/h1-6,18H,7H2. The van der Waals surface area contributed by atoms with Crippen LogP contribution in [0, 0.1) is 0 Å². The smallest absolute Gasteiger partial charge is 0.228 e. The third-order valence-electron chi connectivity index (χ3n) is 2.79. The maximum absolute atomic E-state index is 9.12. The third kappa shape index (κ3) is 2.39. The Kier molecular flexibility index (Phi) is 3.31. The van der Waals surface area contributed by atoms with Crippen molar-refractivity contribution in [3.05, 3.63) is 51.5 Å². The van der Waals surface area contributed by atoms with Crippen molar-refractivity contribution in [2.45, 2.75) is 6.61 Å². The first-order chi connectivity index (χ1) is 9.17. The highest BCUT2D eigenvalue weighted by molar-refractivity contribution is 9.10. The number of nitrogens with zero attached hydrogens (tertiary/aromatic N) is 1. The summed E-state index contributed by atoms with van der Waals surface area (Å²) in [7, 11) is 0. The molecule has 0 unspecified atom stereocenters. The van der Waals surface area contributed by atoms with E-state index in [-0.39, 0.29) is 6.61 Å². The van der Waals surface area contributed by atoms with Crippen molar-refractivity contribution in [3.63, 3.8) is 0 Å². The molecule has 0 atom stereocenters. The predicted octanol–water partition coefficient (Wildman–Crippen LogP) is 4.40. The maximum Gasteiger partial charge on any atom is 0.228 e. The lowest BCUT2D eigenvalue weighted by atomic mass is 10.2. The highest BCUT2D eigenvalue weighted by Crippen LogP contribution is 2.32. The highest BCUT2D eigenvalue weighted by Gasteiger charge is 2.12. The Morgan fingerprint density at radius 2 is 2.05 bits per heavy atom. The summed E-state index contributed by atoms with van der Waals surface area (Å²) in [5.74, 6) is 0.469. The Bertz CT molecular complexity index is 754. The van der Waals surface area contributed by atoms with E-state index in [1.165, 1.54) is 0 Å². The van der Waals surface area contributed by atoms with Crippen molar-refractivity contribution in [2.24, 2.45) is 0 Å². The summed E-state index contributed by atoms with van der Waals surface area (Å²) in [4.78, 5) is 4.41. The van der Waals surface area contributed by atoms with Gasteiger partial charge in [-0.15, -0.1) is 0 Å². The van der Waals surface area contributed by atoms with Gasteiger partial charge in [0.2, 0.25) is 5.89 Å². The number of aliphatic hydroxyl groups is 1. The number of aromatic nitrogens is 1. The Morgan fingerprint density at radius 1 is 1.21 bits per heavy atom. The average molecular weight is 339 g/mol. The van der Waals surface area contributed by atoms with Crippen LogP contribution in [-0.4, -0.2) is 10.1 Å². The van der Waals surface area contributed by atoms with Gasteiger partial charge < -0.3 is 9.52 Å². The van der Waals surface area contributed by atoms with Gasteiger partial charge >= 0.3 is 0 Å². The van der Waals surface area contributed by atoms with E-state index in [1.54, 1.807) is 24.3 Å². The number of halogens is 2. The van der Waals surface area contributed by atoms with E-state index in [9.17, 15) is 0 Å². The van der Waals surface area contributed by atoms with E-state index in [1.807, 2.05) is 12.1 Å². The molecule has 3 aromatic rings. The van der Waals surface area contributed by atoms with Crippen molar-refractivity contribution in [1.29, 1.82) is 0 Å². The van der Waals surface area contributed by atoms with Crippen molar-refractivity contribution >= 4 is 38.6 Å². The number of rotatable bonds is 2. The minimum atomic E-state index is -0.0181. The van der Waals surface area contributed by atoms with Crippen LogP contribution in [0.4, 0.5) is 0 Å². The number of oxazole rings is 1. The van der Waals surface area contributed by atoms with Crippen LogP contribution in [0.1, 0.15) is 5.56 Å². The Labute approximate surface area is 123 Å². The Hall–Kier alpha value is -1.36. The minimum Gasteiger partial charge on any atom is -0.436 e. The first kappa shape index (κ1) is 12.7. The average Bonchev–Trinajstić information content (AvgIpc) is 2.83. The molecule has 3 nitrogen and oxygen atoms in total. The van der Waals surface area contributed by atoms with Gasteiger partial charge in [-0.2, -0.15) is 0 Å². The molecule has 0 amide bonds. The SMILES string of the molecule is OCc1ccc2oc(-c3cc(Br)ccc3Cl)nc2c1. The number of aliphatic hydroxyl groups excluding tert-OH is 1. The van der Waals surface area contributed by atoms with Gasteiger partial charge in [-0.05, 0) is 35.9 Å². The van der Waals surface area contributed by atoms with Crippen LogP contribution >= 0.6 is 27.5 Å². The number of hydrogen-bond acceptors (Lipinski definition) is 3. The first-order valence-electron chi connectivity index (χ1n) is 5.63. The van der Waals surface area contributed by atoms with Crippen LogP contribution in [0.2, 0.25) is 5.02 Å². The summed E-state index contributed by atoms with van der Waals surface area (Å²) in [5, 5.41) is 9.70. The van der Waals surface area contributed by atoms with Crippen molar-refractivity contribution < 1.29 is 9.52 Å². The zero-order valence-electron chi connectivity index (χ0n) is 9.73. The summed E-state index contributed by atoms with van der Waals surface area (Å²) in [5.41, 5.74) is 2.91. The highest BCUT2D eigenvalue weighted by atomic mass is 79.9. The maximum atomic E-state index is 9.12. The third-order valence-corrected chi connectivity index (χ3v) is 3.62. The molecule has 0 fully saturated rings. The zero-order valence-corrected chi connectivity index (χ0v) is 12.1. The van der Waals surface area contributed by atoms with Crippen molar-refractivity contribution in [2.75, 3.05) is 0 Å². The minimum absolute atomic E-state index is 0.0181. The molecule has 2 aromatic carbocycles. The van der Waals surface area contributed by atoms with Crippen LogP contribution in [0.15, 0.2) is 45.3 Å². The largest absolute Gasteiger partial charge is 0.436 e. The molecule has 0 aliphatic rings. The summed E-state index contributed by atoms with van der Waals surface area (Å²) in [6, 6.07) is 10.9. The van der Waals surface area contributed by atoms with E-state index in [0.29, 0.717) is 22.0 Å². The molecule has 0 saturated carbocycles. The van der Waals surface area contributed by atoms with E-state index in [4.69, 9.17) is 21.1 Å². The van der Waals surface area contributed by atoms with E-state index in [0.717, 1.165) is 15.6 Å². The fourth-order valence-electron chi connectivity index (χ4n) is 1.85. The fraction of sp³-hybridized carbons (Fsp3) is 0.0714. The Morgan fingerprint density at radius 3 is 2.84 bits per heavy atom. The van der Waals surface area contributed by atoms with Crippen LogP contribution in [0.5, 0.6) is 0 Å². The van der Waals surface area contributed by atoms with Gasteiger partial charge in [0.1, 0.15) is 5.52 Å². The first-order valence-corrected chi connectivity index (χ1v) is 6.80. The van der Waals surface area contributed by atoms with Crippen molar-refractivity contribution in [3.8, 4) is 11.5 Å². The monoisotopic (exact) mass is 337 g/mol. The lowest BCUT2D eigenvalue weighted by Gasteiger charge is -1.99. The van der Waals surface area contributed by atoms with Gasteiger partial charge in [0.25, 0.3) is 0 Å². The summed E-state index contributed by atoms with van der Waals surface area (Å²) in [6.45, 7) is -0.0181. The van der Waals surface area contributed by atoms with E-state index >= 15 is 0 Å². The lowest BCUT2D eigenvalue weighted by Crippen LogP contribution is -1.81. The van der Waals surface area contributed by atoms with Crippen LogP contribution in [0.25, 0.3) is 22.6 Å². The summed E-state index contributed by atoms with van der Waals surface area (Å²) in [6.07, 6.45) is 0. The molecule has 0 saturated heterocycles. The van der Waals surface area contributed by atoms with Gasteiger partial charge in [-0.3, -0.25) is 0 Å². The Balaban J connectivity index is 2.17. The molecule has 0 spiro atoms. The van der Waals surface area contributed by atoms with Gasteiger partial charge in [0, 0.05) is 4.47 Å².